The van der Waals surface area contributed by atoms with Gasteiger partial charge in [-0.05, 0) is 62.1 Å². The van der Waals surface area contributed by atoms with Crippen molar-refractivity contribution in [2.75, 3.05) is 10.8 Å². The van der Waals surface area contributed by atoms with Gasteiger partial charge in [0.05, 0.1) is 10.6 Å². The fraction of sp³-hybridized carbons (Fsp3) is 0.333. The molecule has 3 rings (SSSR count). The number of anilines is 1. The molecule has 39 heavy (non-hydrogen) atoms. The summed E-state index contributed by atoms with van der Waals surface area (Å²) in [6.45, 7) is 7.18. The lowest BCUT2D eigenvalue weighted by Gasteiger charge is -2.33. The number of rotatable bonds is 12. The highest BCUT2D eigenvalue weighted by Gasteiger charge is 2.34. The number of aryl methyl sites for hydroxylation is 1. The summed E-state index contributed by atoms with van der Waals surface area (Å²) >= 11 is 6.37. The Kier molecular flexibility index (Phi) is 10.5. The van der Waals surface area contributed by atoms with Crippen LogP contribution < -0.4 is 9.62 Å². The normalized spacial score (nSPS) is 12.8. The zero-order chi connectivity index (χ0) is 28.6. The predicted molar refractivity (Wildman–Crippen MR) is 156 cm³/mol. The molecule has 0 aliphatic rings. The van der Waals surface area contributed by atoms with Crippen molar-refractivity contribution in [2.45, 2.75) is 64.1 Å². The molecule has 0 saturated heterocycles. The number of nitrogens with one attached hydrogen (secondary N) is 1. The fourth-order valence-corrected chi connectivity index (χ4v) is 5.73. The van der Waals surface area contributed by atoms with Crippen LogP contribution in [0.15, 0.2) is 83.8 Å². The lowest BCUT2D eigenvalue weighted by molar-refractivity contribution is -0.140. The van der Waals surface area contributed by atoms with Crippen molar-refractivity contribution in [3.8, 4) is 0 Å². The number of hydrogen-bond donors (Lipinski definition) is 1. The van der Waals surface area contributed by atoms with Gasteiger partial charge in [-0.1, -0.05) is 80.0 Å². The summed E-state index contributed by atoms with van der Waals surface area (Å²) in [5, 5.41) is 3.36. The van der Waals surface area contributed by atoms with E-state index in [2.05, 4.69) is 5.32 Å². The van der Waals surface area contributed by atoms with Gasteiger partial charge in [-0.3, -0.25) is 13.9 Å². The first-order chi connectivity index (χ1) is 18.6. The van der Waals surface area contributed by atoms with Crippen LogP contribution in [0.4, 0.5) is 5.69 Å². The molecule has 0 saturated carbocycles. The Balaban J connectivity index is 2.06. The molecule has 0 heterocycles. The van der Waals surface area contributed by atoms with E-state index in [0.717, 1.165) is 21.9 Å². The minimum atomic E-state index is -4.13. The third-order valence-electron chi connectivity index (χ3n) is 6.64. The van der Waals surface area contributed by atoms with Crippen molar-refractivity contribution in [1.29, 1.82) is 0 Å². The first-order valence-corrected chi connectivity index (χ1v) is 14.9. The van der Waals surface area contributed by atoms with Crippen LogP contribution in [-0.4, -0.2) is 43.8 Å². The Labute approximate surface area is 236 Å². The molecular weight excluding hydrogens is 534 g/mol. The lowest BCUT2D eigenvalue weighted by Crippen LogP contribution is -2.53. The van der Waals surface area contributed by atoms with Crippen LogP contribution in [0.1, 0.15) is 44.7 Å². The lowest BCUT2D eigenvalue weighted by atomic mass is 10.1. The summed E-state index contributed by atoms with van der Waals surface area (Å²) in [5.74, 6) is -0.770. The molecule has 3 aromatic carbocycles. The van der Waals surface area contributed by atoms with Gasteiger partial charge in [0, 0.05) is 17.6 Å². The van der Waals surface area contributed by atoms with Gasteiger partial charge in [-0.15, -0.1) is 0 Å². The first kappa shape index (κ1) is 30.2. The molecule has 9 heteroatoms. The van der Waals surface area contributed by atoms with Crippen LogP contribution in [-0.2, 0) is 26.2 Å². The van der Waals surface area contributed by atoms with Crippen molar-refractivity contribution >= 4 is 39.1 Å². The number of amides is 2. The standard InChI is InChI=1S/C30H36ClN3O4S/c1-5-23(4)32-30(36)28(6-2)33(20-24-13-9-7-10-14-24)29(35)21-34(25-18-17-22(3)27(31)19-25)39(37,38)26-15-11-8-12-16-26/h7-19,23,28H,5-6,20-21H2,1-4H3,(H,32,36). The van der Waals surface area contributed by atoms with Crippen molar-refractivity contribution < 1.29 is 18.0 Å². The van der Waals surface area contributed by atoms with E-state index < -0.39 is 28.5 Å². The third kappa shape index (κ3) is 7.61. The summed E-state index contributed by atoms with van der Waals surface area (Å²) in [6.07, 6.45) is 1.11. The van der Waals surface area contributed by atoms with Gasteiger partial charge in [-0.2, -0.15) is 0 Å². The molecule has 2 atom stereocenters. The Morgan fingerprint density at radius 2 is 1.54 bits per heavy atom. The highest BCUT2D eigenvalue weighted by atomic mass is 35.5. The maximum Gasteiger partial charge on any atom is 0.264 e. The van der Waals surface area contributed by atoms with E-state index in [1.807, 2.05) is 58.0 Å². The molecule has 0 aromatic heterocycles. The molecule has 0 aliphatic carbocycles. The summed E-state index contributed by atoms with van der Waals surface area (Å²) < 4.78 is 28.7. The molecule has 0 bridgehead atoms. The van der Waals surface area contributed by atoms with Crippen molar-refractivity contribution in [1.82, 2.24) is 10.2 Å². The molecule has 208 valence electrons. The molecule has 2 amide bonds. The van der Waals surface area contributed by atoms with Crippen molar-refractivity contribution in [2.24, 2.45) is 0 Å². The quantitative estimate of drug-likeness (QED) is 0.309. The number of benzene rings is 3. The van der Waals surface area contributed by atoms with Crippen LogP contribution in [0, 0.1) is 6.92 Å². The van der Waals surface area contributed by atoms with E-state index in [9.17, 15) is 18.0 Å². The minimum Gasteiger partial charge on any atom is -0.352 e. The number of hydrogen-bond acceptors (Lipinski definition) is 4. The van der Waals surface area contributed by atoms with E-state index in [-0.39, 0.29) is 29.1 Å². The molecular formula is C30H36ClN3O4S. The molecule has 7 nitrogen and oxygen atoms in total. The zero-order valence-corrected chi connectivity index (χ0v) is 24.4. The first-order valence-electron chi connectivity index (χ1n) is 13.1. The monoisotopic (exact) mass is 569 g/mol. The smallest absolute Gasteiger partial charge is 0.264 e. The van der Waals surface area contributed by atoms with E-state index in [4.69, 9.17) is 11.6 Å². The third-order valence-corrected chi connectivity index (χ3v) is 8.83. The van der Waals surface area contributed by atoms with Gasteiger partial charge >= 0.3 is 0 Å². The van der Waals surface area contributed by atoms with Gasteiger partial charge in [0.25, 0.3) is 10.0 Å². The van der Waals surface area contributed by atoms with Gasteiger partial charge in [0.1, 0.15) is 12.6 Å². The number of carbonyl (C=O) groups excluding carboxylic acids is 2. The summed E-state index contributed by atoms with van der Waals surface area (Å²) in [7, 11) is -4.13. The van der Waals surface area contributed by atoms with Gasteiger partial charge in [0.2, 0.25) is 11.8 Å². The van der Waals surface area contributed by atoms with E-state index in [1.165, 1.54) is 17.0 Å². The van der Waals surface area contributed by atoms with Gasteiger partial charge in [0.15, 0.2) is 0 Å². The largest absolute Gasteiger partial charge is 0.352 e. The Morgan fingerprint density at radius 3 is 2.10 bits per heavy atom. The second kappa shape index (κ2) is 13.6. The van der Waals surface area contributed by atoms with Crippen LogP contribution in [0.2, 0.25) is 5.02 Å². The van der Waals surface area contributed by atoms with Gasteiger partial charge in [-0.25, -0.2) is 8.42 Å². The Morgan fingerprint density at radius 1 is 0.923 bits per heavy atom. The average molecular weight is 570 g/mol. The summed E-state index contributed by atoms with van der Waals surface area (Å²) in [5.41, 5.74) is 1.87. The van der Waals surface area contributed by atoms with Crippen LogP contribution in [0.5, 0.6) is 0 Å². The molecule has 0 spiro atoms. The SMILES string of the molecule is CCC(C)NC(=O)C(CC)N(Cc1ccccc1)C(=O)CN(c1ccc(C)c(Cl)c1)S(=O)(=O)c1ccccc1. The zero-order valence-electron chi connectivity index (χ0n) is 22.8. The minimum absolute atomic E-state index is 0.0469. The van der Waals surface area contributed by atoms with Crippen molar-refractivity contribution in [3.05, 3.63) is 95.0 Å². The van der Waals surface area contributed by atoms with Crippen LogP contribution in [0.3, 0.4) is 0 Å². The number of carbonyl (C=O) groups is 2. The van der Waals surface area contributed by atoms with Crippen LogP contribution in [0.25, 0.3) is 0 Å². The predicted octanol–water partition coefficient (Wildman–Crippen LogP) is 5.57. The van der Waals surface area contributed by atoms with E-state index in [1.54, 1.807) is 36.4 Å². The van der Waals surface area contributed by atoms with E-state index >= 15 is 0 Å². The Bertz CT molecular complexity index is 1370. The average Bonchev–Trinajstić information content (AvgIpc) is 2.93. The molecule has 0 radical (unpaired) electrons. The summed E-state index contributed by atoms with van der Waals surface area (Å²) in [6, 6.07) is 21.3. The fourth-order valence-electron chi connectivity index (χ4n) is 4.13. The van der Waals surface area contributed by atoms with E-state index in [0.29, 0.717) is 11.4 Å². The second-order valence-electron chi connectivity index (χ2n) is 9.51. The maximum atomic E-state index is 14.0. The van der Waals surface area contributed by atoms with Crippen molar-refractivity contribution in [3.63, 3.8) is 0 Å². The van der Waals surface area contributed by atoms with Gasteiger partial charge < -0.3 is 10.2 Å². The maximum absolute atomic E-state index is 14.0. The number of halogens is 1. The number of nitrogens with zero attached hydrogens (tertiary/aromatic N) is 2. The summed E-state index contributed by atoms with van der Waals surface area (Å²) in [4.78, 5) is 28.8. The highest BCUT2D eigenvalue weighted by molar-refractivity contribution is 7.92. The molecule has 0 fully saturated rings. The second-order valence-corrected chi connectivity index (χ2v) is 11.8. The highest BCUT2D eigenvalue weighted by Crippen LogP contribution is 2.28. The molecule has 0 aliphatic heterocycles. The molecule has 2 unspecified atom stereocenters. The molecule has 1 N–H and O–H groups in total. The Hall–Kier alpha value is -3.36. The topological polar surface area (TPSA) is 86.8 Å². The van der Waals surface area contributed by atoms with Crippen LogP contribution >= 0.6 is 11.6 Å². The molecule has 3 aromatic rings. The number of sulfonamides is 1.